The third-order valence-corrected chi connectivity index (χ3v) is 2.19. The van der Waals surface area contributed by atoms with Crippen molar-refractivity contribution >= 4 is 11.6 Å². The predicted molar refractivity (Wildman–Crippen MR) is 50.0 cm³/mol. The minimum atomic E-state index is -0.926. The molecule has 0 spiro atoms. The van der Waals surface area contributed by atoms with Crippen LogP contribution in [0.4, 0.5) is 4.39 Å². The fourth-order valence-corrected chi connectivity index (χ4v) is 1.42. The summed E-state index contributed by atoms with van der Waals surface area (Å²) < 4.78 is 12.7. The number of hydrogen-bond acceptors (Lipinski definition) is 2. The van der Waals surface area contributed by atoms with Crippen molar-refractivity contribution in [1.29, 1.82) is 0 Å². The molecule has 1 aromatic rings. The van der Waals surface area contributed by atoms with Crippen molar-refractivity contribution in [3.63, 3.8) is 0 Å². The SMILES string of the molecule is C[C@](N)(CO)c1ccc(F)cc1Cl. The fourth-order valence-electron chi connectivity index (χ4n) is 1.04. The summed E-state index contributed by atoms with van der Waals surface area (Å²) in [6.07, 6.45) is 0. The van der Waals surface area contributed by atoms with Crippen LogP contribution in [0.2, 0.25) is 5.02 Å². The molecule has 2 nitrogen and oxygen atoms in total. The van der Waals surface area contributed by atoms with Gasteiger partial charge in [0.25, 0.3) is 0 Å². The van der Waals surface area contributed by atoms with Crippen LogP contribution in [-0.4, -0.2) is 11.7 Å². The lowest BCUT2D eigenvalue weighted by atomic mass is 9.94. The molecule has 0 saturated heterocycles. The van der Waals surface area contributed by atoms with Gasteiger partial charge in [-0.2, -0.15) is 0 Å². The van der Waals surface area contributed by atoms with Gasteiger partial charge in [-0.15, -0.1) is 0 Å². The van der Waals surface area contributed by atoms with Gasteiger partial charge in [-0.3, -0.25) is 0 Å². The quantitative estimate of drug-likeness (QED) is 0.768. The molecular formula is C9H11ClFNO. The van der Waals surface area contributed by atoms with E-state index in [1.165, 1.54) is 18.2 Å². The van der Waals surface area contributed by atoms with Gasteiger partial charge in [-0.25, -0.2) is 4.39 Å². The molecule has 0 aromatic heterocycles. The zero-order valence-electron chi connectivity index (χ0n) is 7.22. The number of rotatable bonds is 2. The van der Waals surface area contributed by atoms with E-state index in [1.807, 2.05) is 0 Å². The lowest BCUT2D eigenvalue weighted by Crippen LogP contribution is -2.37. The Bertz CT molecular complexity index is 314. The fraction of sp³-hybridized carbons (Fsp3) is 0.333. The van der Waals surface area contributed by atoms with Gasteiger partial charge >= 0.3 is 0 Å². The van der Waals surface area contributed by atoms with Crippen molar-refractivity contribution in [2.75, 3.05) is 6.61 Å². The molecule has 4 heteroatoms. The van der Waals surface area contributed by atoms with Gasteiger partial charge in [-0.05, 0) is 24.6 Å². The zero-order valence-corrected chi connectivity index (χ0v) is 7.98. The first-order valence-corrected chi connectivity index (χ1v) is 4.20. The molecule has 0 radical (unpaired) electrons. The van der Waals surface area contributed by atoms with Crippen molar-refractivity contribution in [2.24, 2.45) is 5.73 Å². The molecule has 0 fully saturated rings. The second-order valence-electron chi connectivity index (χ2n) is 3.20. The molecule has 1 rings (SSSR count). The van der Waals surface area contributed by atoms with Crippen LogP contribution in [0.15, 0.2) is 18.2 Å². The van der Waals surface area contributed by atoms with Crippen LogP contribution in [0.5, 0.6) is 0 Å². The van der Waals surface area contributed by atoms with E-state index in [9.17, 15) is 4.39 Å². The molecule has 0 heterocycles. The molecule has 0 unspecified atom stereocenters. The van der Waals surface area contributed by atoms with Crippen LogP contribution in [0.1, 0.15) is 12.5 Å². The zero-order chi connectivity index (χ0) is 10.1. The summed E-state index contributed by atoms with van der Waals surface area (Å²) in [7, 11) is 0. The molecule has 0 saturated carbocycles. The summed E-state index contributed by atoms with van der Waals surface area (Å²) in [5.74, 6) is -0.414. The van der Waals surface area contributed by atoms with Gasteiger partial charge in [0.05, 0.1) is 12.1 Å². The molecule has 0 aliphatic carbocycles. The number of aliphatic hydroxyl groups is 1. The third-order valence-electron chi connectivity index (χ3n) is 1.87. The lowest BCUT2D eigenvalue weighted by molar-refractivity contribution is 0.210. The van der Waals surface area contributed by atoms with Crippen molar-refractivity contribution in [3.05, 3.63) is 34.6 Å². The Morgan fingerprint density at radius 1 is 1.62 bits per heavy atom. The Kier molecular flexibility index (Phi) is 2.91. The second-order valence-corrected chi connectivity index (χ2v) is 3.61. The van der Waals surface area contributed by atoms with Crippen LogP contribution in [0, 0.1) is 5.82 Å². The monoisotopic (exact) mass is 203 g/mol. The van der Waals surface area contributed by atoms with E-state index in [4.69, 9.17) is 22.4 Å². The largest absolute Gasteiger partial charge is 0.394 e. The highest BCUT2D eigenvalue weighted by Gasteiger charge is 2.22. The van der Waals surface area contributed by atoms with Crippen LogP contribution in [-0.2, 0) is 5.54 Å². The van der Waals surface area contributed by atoms with Crippen LogP contribution in [0.3, 0.4) is 0 Å². The summed E-state index contributed by atoms with van der Waals surface area (Å²) in [6.45, 7) is 1.39. The Hall–Kier alpha value is -0.640. The number of aliphatic hydroxyl groups excluding tert-OH is 1. The van der Waals surface area contributed by atoms with E-state index >= 15 is 0 Å². The Labute approximate surface area is 81.1 Å². The second kappa shape index (κ2) is 3.62. The van der Waals surface area contributed by atoms with E-state index in [0.29, 0.717) is 5.56 Å². The summed E-state index contributed by atoms with van der Waals surface area (Å²) in [4.78, 5) is 0. The topological polar surface area (TPSA) is 46.2 Å². The first-order chi connectivity index (χ1) is 5.97. The molecule has 13 heavy (non-hydrogen) atoms. The van der Waals surface area contributed by atoms with Gasteiger partial charge in [0.1, 0.15) is 5.82 Å². The number of hydrogen-bond donors (Lipinski definition) is 2. The molecule has 0 bridgehead atoms. The average Bonchev–Trinajstić information content (AvgIpc) is 2.03. The van der Waals surface area contributed by atoms with Crippen LogP contribution in [0.25, 0.3) is 0 Å². The van der Waals surface area contributed by atoms with E-state index in [0.717, 1.165) is 0 Å². The highest BCUT2D eigenvalue weighted by atomic mass is 35.5. The van der Waals surface area contributed by atoms with Gasteiger partial charge in [0.15, 0.2) is 0 Å². The van der Waals surface area contributed by atoms with Gasteiger partial charge < -0.3 is 10.8 Å². The van der Waals surface area contributed by atoms with Crippen LogP contribution < -0.4 is 5.73 Å². The van der Waals surface area contributed by atoms with Crippen molar-refractivity contribution in [1.82, 2.24) is 0 Å². The molecule has 0 amide bonds. The predicted octanol–water partition coefficient (Wildman–Crippen LogP) is 1.65. The van der Waals surface area contributed by atoms with E-state index < -0.39 is 11.4 Å². The molecule has 0 aliphatic heterocycles. The number of halogens is 2. The minimum Gasteiger partial charge on any atom is -0.394 e. The molecular weight excluding hydrogens is 193 g/mol. The van der Waals surface area contributed by atoms with Gasteiger partial charge in [-0.1, -0.05) is 17.7 Å². The number of nitrogens with two attached hydrogens (primary N) is 1. The molecule has 72 valence electrons. The van der Waals surface area contributed by atoms with E-state index in [2.05, 4.69) is 0 Å². The maximum atomic E-state index is 12.7. The number of benzene rings is 1. The first kappa shape index (κ1) is 10.4. The maximum Gasteiger partial charge on any atom is 0.124 e. The first-order valence-electron chi connectivity index (χ1n) is 3.82. The molecule has 3 N–H and O–H groups in total. The van der Waals surface area contributed by atoms with Crippen molar-refractivity contribution in [3.8, 4) is 0 Å². The van der Waals surface area contributed by atoms with Gasteiger partial charge in [0, 0.05) is 5.02 Å². The highest BCUT2D eigenvalue weighted by molar-refractivity contribution is 6.31. The Morgan fingerprint density at radius 3 is 2.69 bits per heavy atom. The van der Waals surface area contributed by atoms with Crippen molar-refractivity contribution in [2.45, 2.75) is 12.5 Å². The lowest BCUT2D eigenvalue weighted by Gasteiger charge is -2.23. The average molecular weight is 204 g/mol. The smallest absolute Gasteiger partial charge is 0.124 e. The van der Waals surface area contributed by atoms with E-state index in [-0.39, 0.29) is 11.6 Å². The molecule has 1 aromatic carbocycles. The van der Waals surface area contributed by atoms with Crippen molar-refractivity contribution < 1.29 is 9.50 Å². The molecule has 0 aliphatic rings. The summed E-state index contributed by atoms with van der Waals surface area (Å²) in [6, 6.07) is 3.92. The highest BCUT2D eigenvalue weighted by Crippen LogP contribution is 2.26. The summed E-state index contributed by atoms with van der Waals surface area (Å²) >= 11 is 5.76. The maximum absolute atomic E-state index is 12.7. The molecule has 1 atom stereocenters. The third kappa shape index (κ3) is 2.18. The van der Waals surface area contributed by atoms with Gasteiger partial charge in [0.2, 0.25) is 0 Å². The Balaban J connectivity index is 3.16. The summed E-state index contributed by atoms with van der Waals surface area (Å²) in [5.41, 5.74) is 5.35. The minimum absolute atomic E-state index is 0.235. The Morgan fingerprint density at radius 2 is 2.23 bits per heavy atom. The normalized spacial score (nSPS) is 15.5. The van der Waals surface area contributed by atoms with Crippen LogP contribution >= 0.6 is 11.6 Å². The van der Waals surface area contributed by atoms with E-state index in [1.54, 1.807) is 6.92 Å². The standard InChI is InChI=1S/C9H11ClFNO/c1-9(12,5-13)7-3-2-6(11)4-8(7)10/h2-4,13H,5,12H2,1H3/t9-/m0/s1. The summed E-state index contributed by atoms with van der Waals surface area (Å²) in [5, 5.41) is 9.20.